The molecule has 0 aromatic carbocycles. The smallest absolute Gasteiger partial charge is 0.0622 e. The number of fused-ring (bicyclic) bond motifs is 5. The van der Waals surface area contributed by atoms with E-state index in [1.807, 2.05) is 0 Å². The van der Waals surface area contributed by atoms with Gasteiger partial charge in [-0.2, -0.15) is 5.10 Å². The highest BCUT2D eigenvalue weighted by atomic mass is 16.3. The van der Waals surface area contributed by atoms with Crippen molar-refractivity contribution in [3.05, 3.63) is 0 Å². The van der Waals surface area contributed by atoms with Crippen LogP contribution in [0.1, 0.15) is 78.6 Å². The molecule has 0 spiro atoms. The van der Waals surface area contributed by atoms with E-state index in [1.54, 1.807) is 0 Å². The second kappa shape index (κ2) is 5.72. The van der Waals surface area contributed by atoms with E-state index in [-0.39, 0.29) is 0 Å². The largest absolute Gasteiger partial charge is 0.390 e. The minimum atomic E-state index is -0.398. The molecule has 8 atom stereocenters. The zero-order valence-electron chi connectivity index (χ0n) is 15.8. The average molecular weight is 333 g/mol. The van der Waals surface area contributed by atoms with Gasteiger partial charge in [0.05, 0.1) is 5.60 Å². The van der Waals surface area contributed by atoms with E-state index >= 15 is 0 Å². The maximum Gasteiger partial charge on any atom is 0.0622 e. The van der Waals surface area contributed by atoms with Gasteiger partial charge in [-0.05, 0) is 107 Å². The van der Waals surface area contributed by atoms with Gasteiger partial charge in [-0.3, -0.25) is 0 Å². The van der Waals surface area contributed by atoms with Crippen molar-refractivity contribution in [2.45, 2.75) is 84.2 Å². The minimum Gasteiger partial charge on any atom is -0.390 e. The fourth-order valence-electron chi connectivity index (χ4n) is 7.86. The van der Waals surface area contributed by atoms with Crippen LogP contribution in [0, 0.1) is 40.9 Å². The number of hydrazone groups is 1. The lowest BCUT2D eigenvalue weighted by Gasteiger charge is -2.57. The van der Waals surface area contributed by atoms with Crippen LogP contribution in [0.2, 0.25) is 0 Å². The highest BCUT2D eigenvalue weighted by Gasteiger charge is 2.57. The second-order valence-corrected chi connectivity index (χ2v) is 10.1. The Bertz CT molecular complexity index is 528. The molecule has 0 amide bonds. The van der Waals surface area contributed by atoms with E-state index in [2.05, 4.69) is 25.9 Å². The number of aliphatic hydroxyl groups is 1. The fraction of sp³-hybridized carbons (Fsp3) is 0.952. The second-order valence-electron chi connectivity index (χ2n) is 10.1. The average Bonchev–Trinajstić information content (AvgIpc) is 2.90. The first-order chi connectivity index (χ1) is 11.4. The molecular formula is C21H36N2O. The predicted octanol–water partition coefficient (Wildman–Crippen LogP) is 4.34. The molecule has 0 unspecified atom stereocenters. The Morgan fingerprint density at radius 3 is 2.46 bits per heavy atom. The van der Waals surface area contributed by atoms with Gasteiger partial charge in [-0.15, -0.1) is 0 Å². The number of hydrogen-bond donors (Lipinski definition) is 2. The van der Waals surface area contributed by atoms with Gasteiger partial charge in [0, 0.05) is 11.6 Å². The number of nitrogens with zero attached hydrogens (tertiary/aromatic N) is 1. The van der Waals surface area contributed by atoms with E-state index in [4.69, 9.17) is 5.84 Å². The Morgan fingerprint density at radius 1 is 0.958 bits per heavy atom. The molecule has 4 fully saturated rings. The van der Waals surface area contributed by atoms with Crippen LogP contribution in [0.25, 0.3) is 0 Å². The zero-order valence-corrected chi connectivity index (χ0v) is 15.8. The maximum absolute atomic E-state index is 10.5. The zero-order chi connectivity index (χ0) is 17.1. The van der Waals surface area contributed by atoms with Crippen LogP contribution < -0.4 is 5.84 Å². The lowest BCUT2D eigenvalue weighted by atomic mass is 9.49. The molecule has 0 radical (unpaired) electrons. The van der Waals surface area contributed by atoms with E-state index in [9.17, 15) is 5.11 Å². The van der Waals surface area contributed by atoms with Crippen LogP contribution in [-0.2, 0) is 0 Å². The molecule has 0 saturated heterocycles. The molecule has 3 heteroatoms. The molecular weight excluding hydrogens is 296 g/mol. The van der Waals surface area contributed by atoms with Gasteiger partial charge >= 0.3 is 0 Å². The first-order valence-corrected chi connectivity index (χ1v) is 10.3. The summed E-state index contributed by atoms with van der Waals surface area (Å²) in [5, 5.41) is 14.6. The molecule has 24 heavy (non-hydrogen) atoms. The van der Waals surface area contributed by atoms with Crippen molar-refractivity contribution in [3.8, 4) is 0 Å². The number of rotatable bonds is 1. The molecule has 0 aromatic rings. The standard InChI is InChI=1S/C21H36N2O/c1-13(23-22)18-6-7-19-17-5-4-14-12-20(2,24)10-8-15(14)16(17)9-11-21(18,19)3/h14-19,24H,4-12,22H2,1-3H3/b23-13+/t14-,15+,16-,17-,18-,19+,20-,21-/m1/s1. The molecule has 4 saturated carbocycles. The van der Waals surface area contributed by atoms with Crippen molar-refractivity contribution in [2.75, 3.05) is 0 Å². The Labute approximate surface area is 147 Å². The normalized spacial score (nSPS) is 54.8. The van der Waals surface area contributed by atoms with Gasteiger partial charge in [0.2, 0.25) is 0 Å². The van der Waals surface area contributed by atoms with Crippen LogP contribution in [0.4, 0.5) is 0 Å². The number of nitrogens with two attached hydrogens (primary N) is 1. The maximum atomic E-state index is 10.5. The van der Waals surface area contributed by atoms with Crippen molar-refractivity contribution in [1.82, 2.24) is 0 Å². The van der Waals surface area contributed by atoms with Crippen molar-refractivity contribution in [1.29, 1.82) is 0 Å². The summed E-state index contributed by atoms with van der Waals surface area (Å²) in [6.45, 7) is 6.74. The Hall–Kier alpha value is -0.570. The summed E-state index contributed by atoms with van der Waals surface area (Å²) in [7, 11) is 0. The van der Waals surface area contributed by atoms with E-state index in [0.29, 0.717) is 11.3 Å². The SMILES string of the molecule is C/C(=N\N)[C@H]1CC[C@H]2[C@@H]3CC[C@@H]4C[C@](C)(O)CC[C@@H]4[C@H]3CC[C@]12C. The highest BCUT2D eigenvalue weighted by Crippen LogP contribution is 2.64. The summed E-state index contributed by atoms with van der Waals surface area (Å²) in [5.74, 6) is 10.6. The van der Waals surface area contributed by atoms with Crippen LogP contribution in [0.3, 0.4) is 0 Å². The third-order valence-electron chi connectivity index (χ3n) is 8.94. The summed E-state index contributed by atoms with van der Waals surface area (Å²) in [6, 6.07) is 0. The van der Waals surface area contributed by atoms with Crippen LogP contribution in [-0.4, -0.2) is 16.4 Å². The summed E-state index contributed by atoms with van der Waals surface area (Å²) >= 11 is 0. The molecule has 0 aliphatic heterocycles. The molecule has 0 heterocycles. The van der Waals surface area contributed by atoms with Crippen molar-refractivity contribution >= 4 is 5.71 Å². The Balaban J connectivity index is 1.55. The molecule has 0 bridgehead atoms. The first-order valence-electron chi connectivity index (χ1n) is 10.3. The number of hydrogen-bond acceptors (Lipinski definition) is 3. The first kappa shape index (κ1) is 16.9. The molecule has 0 aromatic heterocycles. The summed E-state index contributed by atoms with van der Waals surface area (Å²) in [4.78, 5) is 0. The van der Waals surface area contributed by atoms with E-state index in [1.165, 1.54) is 50.7 Å². The monoisotopic (exact) mass is 332 g/mol. The van der Waals surface area contributed by atoms with Gasteiger partial charge in [-0.1, -0.05) is 6.92 Å². The Morgan fingerprint density at radius 2 is 1.71 bits per heavy atom. The van der Waals surface area contributed by atoms with Gasteiger partial charge < -0.3 is 10.9 Å². The molecule has 3 N–H and O–H groups in total. The fourth-order valence-corrected chi connectivity index (χ4v) is 7.86. The van der Waals surface area contributed by atoms with Gasteiger partial charge in [0.15, 0.2) is 0 Å². The predicted molar refractivity (Wildman–Crippen MR) is 98.5 cm³/mol. The highest BCUT2D eigenvalue weighted by molar-refractivity contribution is 5.85. The molecule has 4 rings (SSSR count). The van der Waals surface area contributed by atoms with Crippen molar-refractivity contribution in [2.24, 2.45) is 51.9 Å². The molecule has 4 aliphatic rings. The van der Waals surface area contributed by atoms with Crippen molar-refractivity contribution in [3.63, 3.8) is 0 Å². The van der Waals surface area contributed by atoms with Gasteiger partial charge in [0.25, 0.3) is 0 Å². The molecule has 136 valence electrons. The third kappa shape index (κ3) is 2.45. The topological polar surface area (TPSA) is 58.6 Å². The van der Waals surface area contributed by atoms with Crippen molar-refractivity contribution < 1.29 is 5.11 Å². The third-order valence-corrected chi connectivity index (χ3v) is 8.94. The summed E-state index contributed by atoms with van der Waals surface area (Å²) < 4.78 is 0. The van der Waals surface area contributed by atoms with Gasteiger partial charge in [-0.25, -0.2) is 0 Å². The lowest BCUT2D eigenvalue weighted by molar-refractivity contribution is -0.0965. The summed E-state index contributed by atoms with van der Waals surface area (Å²) in [6.07, 6.45) is 11.5. The lowest BCUT2D eigenvalue weighted by Crippen LogP contribution is -2.51. The van der Waals surface area contributed by atoms with E-state index in [0.717, 1.165) is 42.4 Å². The van der Waals surface area contributed by atoms with Crippen LogP contribution in [0.15, 0.2) is 5.10 Å². The Kier molecular flexibility index (Phi) is 4.02. The minimum absolute atomic E-state index is 0.398. The van der Waals surface area contributed by atoms with Gasteiger partial charge in [0.1, 0.15) is 0 Å². The summed E-state index contributed by atoms with van der Waals surface area (Å²) in [5.41, 5.74) is 1.21. The quantitative estimate of drug-likeness (QED) is 0.426. The van der Waals surface area contributed by atoms with Crippen LogP contribution in [0.5, 0.6) is 0 Å². The van der Waals surface area contributed by atoms with Crippen LogP contribution >= 0.6 is 0 Å². The van der Waals surface area contributed by atoms with E-state index < -0.39 is 5.60 Å². The molecule has 4 aliphatic carbocycles. The molecule has 3 nitrogen and oxygen atoms in total.